The maximum atomic E-state index is 8.97. The van der Waals surface area contributed by atoms with Crippen molar-refractivity contribution in [1.82, 2.24) is 9.55 Å². The average Bonchev–Trinajstić information content (AvgIpc) is 2.84. The molecule has 0 saturated carbocycles. The van der Waals surface area contributed by atoms with E-state index in [-0.39, 0.29) is 0 Å². The van der Waals surface area contributed by atoms with Gasteiger partial charge in [0, 0.05) is 30.7 Å². The number of rotatable bonds is 2. The summed E-state index contributed by atoms with van der Waals surface area (Å²) in [5.74, 6) is 0. The molecule has 1 aromatic carbocycles. The molecule has 0 spiro atoms. The van der Waals surface area contributed by atoms with Gasteiger partial charge in [-0.25, -0.2) is 0 Å². The molecule has 3 rings (SSSR count). The van der Waals surface area contributed by atoms with Crippen LogP contribution in [-0.2, 0) is 6.54 Å². The SMILES string of the molecule is N#Cc1ccc2ccn(Cc3ccncc3Cl)c2c1. The molecule has 2 heterocycles. The van der Waals surface area contributed by atoms with E-state index >= 15 is 0 Å². The lowest BCUT2D eigenvalue weighted by molar-refractivity contribution is 0.835. The summed E-state index contributed by atoms with van der Waals surface area (Å²) in [7, 11) is 0. The van der Waals surface area contributed by atoms with Crippen molar-refractivity contribution in [2.75, 3.05) is 0 Å². The summed E-state index contributed by atoms with van der Waals surface area (Å²) in [5, 5.41) is 10.7. The fraction of sp³-hybridized carbons (Fsp3) is 0.0667. The van der Waals surface area contributed by atoms with Crippen LogP contribution in [0.25, 0.3) is 10.9 Å². The van der Waals surface area contributed by atoms with Gasteiger partial charge in [-0.1, -0.05) is 17.7 Å². The molecule has 3 nitrogen and oxygen atoms in total. The van der Waals surface area contributed by atoms with Crippen LogP contribution in [0.3, 0.4) is 0 Å². The molecule has 0 aliphatic heterocycles. The lowest BCUT2D eigenvalue weighted by Gasteiger charge is -2.07. The Balaban J connectivity index is 2.06. The molecule has 0 unspecified atom stereocenters. The maximum Gasteiger partial charge on any atom is 0.0992 e. The number of nitriles is 1. The van der Waals surface area contributed by atoms with Gasteiger partial charge in [-0.3, -0.25) is 4.98 Å². The normalized spacial score (nSPS) is 10.5. The first-order chi connectivity index (χ1) is 9.28. The highest BCUT2D eigenvalue weighted by Gasteiger charge is 2.05. The second-order valence-corrected chi connectivity index (χ2v) is 4.70. The van der Waals surface area contributed by atoms with E-state index in [9.17, 15) is 0 Å². The highest BCUT2D eigenvalue weighted by Crippen LogP contribution is 2.21. The number of pyridine rings is 1. The molecule has 0 aliphatic carbocycles. The second kappa shape index (κ2) is 4.75. The predicted molar refractivity (Wildman–Crippen MR) is 75.0 cm³/mol. The van der Waals surface area contributed by atoms with Crippen LogP contribution in [-0.4, -0.2) is 9.55 Å². The first kappa shape index (κ1) is 11.8. The summed E-state index contributed by atoms with van der Waals surface area (Å²) >= 11 is 6.12. The Kier molecular flexibility index (Phi) is 2.94. The van der Waals surface area contributed by atoms with Gasteiger partial charge in [0.15, 0.2) is 0 Å². The predicted octanol–water partition coefficient (Wildman–Crippen LogP) is 3.61. The van der Waals surface area contributed by atoms with Gasteiger partial charge in [-0.2, -0.15) is 5.26 Å². The van der Waals surface area contributed by atoms with Crippen LogP contribution in [0.1, 0.15) is 11.1 Å². The Morgan fingerprint density at radius 2 is 2.16 bits per heavy atom. The van der Waals surface area contributed by atoms with Gasteiger partial charge in [-0.15, -0.1) is 0 Å². The highest BCUT2D eigenvalue weighted by molar-refractivity contribution is 6.31. The smallest absolute Gasteiger partial charge is 0.0992 e. The first-order valence-electron chi connectivity index (χ1n) is 5.85. The number of fused-ring (bicyclic) bond motifs is 1. The van der Waals surface area contributed by atoms with Gasteiger partial charge in [-0.05, 0) is 35.2 Å². The van der Waals surface area contributed by atoms with E-state index in [0.717, 1.165) is 16.5 Å². The van der Waals surface area contributed by atoms with E-state index in [0.29, 0.717) is 17.1 Å². The van der Waals surface area contributed by atoms with Crippen LogP contribution < -0.4 is 0 Å². The minimum absolute atomic E-state index is 0.654. The van der Waals surface area contributed by atoms with E-state index in [1.165, 1.54) is 0 Å². The highest BCUT2D eigenvalue weighted by atomic mass is 35.5. The third-order valence-electron chi connectivity index (χ3n) is 3.10. The molecule has 0 atom stereocenters. The largest absolute Gasteiger partial charge is 0.343 e. The molecule has 0 amide bonds. The molecule has 0 N–H and O–H groups in total. The standard InChI is InChI=1S/C15H10ClN3/c16-14-9-18-5-3-13(14)10-19-6-4-12-2-1-11(8-17)7-15(12)19/h1-7,9H,10H2. The fourth-order valence-corrected chi connectivity index (χ4v) is 2.29. The van der Waals surface area contributed by atoms with Crippen LogP contribution in [0.4, 0.5) is 0 Å². The number of hydrogen-bond acceptors (Lipinski definition) is 2. The number of halogens is 1. The second-order valence-electron chi connectivity index (χ2n) is 4.30. The Morgan fingerprint density at radius 3 is 2.95 bits per heavy atom. The van der Waals surface area contributed by atoms with E-state index < -0.39 is 0 Å². The molecule has 0 radical (unpaired) electrons. The summed E-state index contributed by atoms with van der Waals surface area (Å²) in [5.41, 5.74) is 2.71. The van der Waals surface area contributed by atoms with Crippen molar-refractivity contribution < 1.29 is 0 Å². The molecule has 4 heteroatoms. The van der Waals surface area contributed by atoms with Gasteiger partial charge < -0.3 is 4.57 Å². The molecule has 0 saturated heterocycles. The summed E-state index contributed by atoms with van der Waals surface area (Å²) < 4.78 is 2.08. The van der Waals surface area contributed by atoms with Gasteiger partial charge in [0.2, 0.25) is 0 Å². The summed E-state index contributed by atoms with van der Waals surface area (Å²) in [4.78, 5) is 3.98. The Hall–Kier alpha value is -2.31. The van der Waals surface area contributed by atoms with Crippen molar-refractivity contribution in [1.29, 1.82) is 5.26 Å². The molecule has 0 fully saturated rings. The quantitative estimate of drug-likeness (QED) is 0.712. The van der Waals surface area contributed by atoms with Gasteiger partial charge in [0.1, 0.15) is 0 Å². The number of aromatic nitrogens is 2. The molecule has 92 valence electrons. The average molecular weight is 268 g/mol. The van der Waals surface area contributed by atoms with E-state index in [4.69, 9.17) is 16.9 Å². The van der Waals surface area contributed by atoms with Gasteiger partial charge in [0.05, 0.1) is 16.7 Å². The third-order valence-corrected chi connectivity index (χ3v) is 3.44. The molecule has 2 aromatic heterocycles. The fourth-order valence-electron chi connectivity index (χ4n) is 2.11. The van der Waals surface area contributed by atoms with Crippen LogP contribution >= 0.6 is 11.6 Å². The van der Waals surface area contributed by atoms with Crippen molar-refractivity contribution in [2.24, 2.45) is 0 Å². The van der Waals surface area contributed by atoms with E-state index in [1.807, 2.05) is 36.5 Å². The molecule has 3 aromatic rings. The van der Waals surface area contributed by atoms with Crippen molar-refractivity contribution >= 4 is 22.5 Å². The summed E-state index contributed by atoms with van der Waals surface area (Å²) in [6, 6.07) is 11.8. The van der Waals surface area contributed by atoms with Crippen LogP contribution in [0.2, 0.25) is 5.02 Å². The van der Waals surface area contributed by atoms with Crippen molar-refractivity contribution in [3.63, 3.8) is 0 Å². The molecule has 19 heavy (non-hydrogen) atoms. The first-order valence-corrected chi connectivity index (χ1v) is 6.23. The van der Waals surface area contributed by atoms with Crippen LogP contribution in [0.5, 0.6) is 0 Å². The van der Waals surface area contributed by atoms with Crippen LogP contribution in [0.15, 0.2) is 48.9 Å². The van der Waals surface area contributed by atoms with E-state index in [2.05, 4.69) is 15.6 Å². The third kappa shape index (κ3) is 2.18. The summed E-state index contributed by atoms with van der Waals surface area (Å²) in [6.45, 7) is 0.666. The van der Waals surface area contributed by atoms with Gasteiger partial charge >= 0.3 is 0 Å². The molecular weight excluding hydrogens is 258 g/mol. The Morgan fingerprint density at radius 1 is 1.26 bits per heavy atom. The molecule has 0 bridgehead atoms. The van der Waals surface area contributed by atoms with Crippen LogP contribution in [0, 0.1) is 11.3 Å². The van der Waals surface area contributed by atoms with Gasteiger partial charge in [0.25, 0.3) is 0 Å². The molecular formula is C15H10ClN3. The zero-order chi connectivity index (χ0) is 13.2. The summed E-state index contributed by atoms with van der Waals surface area (Å²) in [6.07, 6.45) is 5.37. The van der Waals surface area contributed by atoms with Crippen molar-refractivity contribution in [3.8, 4) is 6.07 Å². The minimum Gasteiger partial charge on any atom is -0.343 e. The zero-order valence-corrected chi connectivity index (χ0v) is 10.8. The lowest BCUT2D eigenvalue weighted by atomic mass is 10.2. The van der Waals surface area contributed by atoms with Crippen molar-refractivity contribution in [3.05, 3.63) is 65.1 Å². The minimum atomic E-state index is 0.654. The van der Waals surface area contributed by atoms with E-state index in [1.54, 1.807) is 12.4 Å². The monoisotopic (exact) mass is 267 g/mol. The van der Waals surface area contributed by atoms with Crippen molar-refractivity contribution in [2.45, 2.75) is 6.54 Å². The molecule has 0 aliphatic rings. The number of benzene rings is 1. The zero-order valence-electron chi connectivity index (χ0n) is 10.0. The number of hydrogen-bond donors (Lipinski definition) is 0. The Bertz CT molecular complexity index is 783. The Labute approximate surface area is 115 Å². The topological polar surface area (TPSA) is 41.6 Å². The maximum absolute atomic E-state index is 8.97. The lowest BCUT2D eigenvalue weighted by Crippen LogP contribution is -1.99. The number of nitrogens with zero attached hydrogens (tertiary/aromatic N) is 3.